The van der Waals surface area contributed by atoms with Crippen molar-refractivity contribution in [3.63, 3.8) is 0 Å². The summed E-state index contributed by atoms with van der Waals surface area (Å²) in [6, 6.07) is 51.9. The van der Waals surface area contributed by atoms with Gasteiger partial charge in [0.15, 0.2) is 40.5 Å². The van der Waals surface area contributed by atoms with E-state index in [1.54, 1.807) is 0 Å². The minimum atomic E-state index is -0.139. The highest BCUT2D eigenvalue weighted by molar-refractivity contribution is 5.89. The van der Waals surface area contributed by atoms with Gasteiger partial charge in [-0.1, -0.05) is 141 Å². The lowest BCUT2D eigenvalue weighted by atomic mass is 9.82. The standard InChI is InChI=1S/C46H31N3O2/c1-46(2)37-21-11-10-18-33(37)36-26-40-41(27-38(36)46)50-39-22-12-20-34(42(39)51-40)32-17-8-9-19-35(32)45-48-43(29-14-4-3-5-15-29)47-44(49-45)31-24-23-28-13-6-7-16-30(28)25-31/h3-27H,1-2H3. The van der Waals surface area contributed by atoms with Gasteiger partial charge in [0.2, 0.25) is 0 Å². The summed E-state index contributed by atoms with van der Waals surface area (Å²) in [5.74, 6) is 4.55. The van der Waals surface area contributed by atoms with Crippen LogP contribution >= 0.6 is 0 Å². The highest BCUT2D eigenvalue weighted by Crippen LogP contribution is 2.56. The van der Waals surface area contributed by atoms with Gasteiger partial charge < -0.3 is 9.47 Å². The smallest absolute Gasteiger partial charge is 0.177 e. The van der Waals surface area contributed by atoms with Crippen molar-refractivity contribution in [3.8, 4) is 79.4 Å². The number of nitrogens with zero attached hydrogens (tertiary/aromatic N) is 3. The molecule has 0 N–H and O–H groups in total. The molecule has 1 aliphatic heterocycles. The van der Waals surface area contributed by atoms with Crippen molar-refractivity contribution in [2.45, 2.75) is 19.3 Å². The molecule has 0 spiro atoms. The van der Waals surface area contributed by atoms with Crippen LogP contribution in [0.2, 0.25) is 0 Å². The first-order chi connectivity index (χ1) is 25.0. The van der Waals surface area contributed by atoms with E-state index in [1.807, 2.05) is 60.7 Å². The van der Waals surface area contributed by atoms with E-state index in [1.165, 1.54) is 27.6 Å². The van der Waals surface area contributed by atoms with Gasteiger partial charge in [-0.2, -0.15) is 0 Å². The molecule has 7 aromatic carbocycles. The molecule has 1 aromatic heterocycles. The molecule has 242 valence electrons. The summed E-state index contributed by atoms with van der Waals surface area (Å²) >= 11 is 0. The summed E-state index contributed by atoms with van der Waals surface area (Å²) in [5.41, 5.74) is 9.36. The topological polar surface area (TPSA) is 57.1 Å². The molecule has 5 nitrogen and oxygen atoms in total. The number of hydrogen-bond acceptors (Lipinski definition) is 5. The summed E-state index contributed by atoms with van der Waals surface area (Å²) in [4.78, 5) is 15.2. The van der Waals surface area contributed by atoms with Crippen LogP contribution in [0.15, 0.2) is 152 Å². The van der Waals surface area contributed by atoms with Crippen molar-refractivity contribution in [1.29, 1.82) is 0 Å². The Morgan fingerprint density at radius 2 is 1.04 bits per heavy atom. The summed E-state index contributed by atoms with van der Waals surface area (Å²) in [7, 11) is 0. The van der Waals surface area contributed by atoms with Crippen LogP contribution in [0.25, 0.3) is 67.2 Å². The summed E-state index contributed by atoms with van der Waals surface area (Å²) < 4.78 is 13.4. The van der Waals surface area contributed by atoms with Gasteiger partial charge in [-0.15, -0.1) is 0 Å². The van der Waals surface area contributed by atoms with Crippen LogP contribution in [0.3, 0.4) is 0 Å². The van der Waals surface area contributed by atoms with Crippen LogP contribution in [-0.4, -0.2) is 15.0 Å². The number of para-hydroxylation sites is 1. The average molecular weight is 658 g/mol. The summed E-state index contributed by atoms with van der Waals surface area (Å²) in [6.07, 6.45) is 0. The van der Waals surface area contributed by atoms with Crippen molar-refractivity contribution in [2.24, 2.45) is 0 Å². The number of fused-ring (bicyclic) bond motifs is 6. The van der Waals surface area contributed by atoms with Gasteiger partial charge in [-0.25, -0.2) is 15.0 Å². The maximum absolute atomic E-state index is 6.81. The molecule has 0 saturated heterocycles. The van der Waals surface area contributed by atoms with E-state index < -0.39 is 0 Å². The second kappa shape index (κ2) is 11.2. The fourth-order valence-corrected chi connectivity index (χ4v) is 7.59. The van der Waals surface area contributed by atoms with Crippen LogP contribution in [-0.2, 0) is 5.41 Å². The molecule has 0 radical (unpaired) electrons. The van der Waals surface area contributed by atoms with Crippen molar-refractivity contribution >= 4 is 10.8 Å². The molecule has 51 heavy (non-hydrogen) atoms. The second-order valence-electron chi connectivity index (χ2n) is 13.6. The normalized spacial score (nSPS) is 13.4. The molecule has 2 heterocycles. The average Bonchev–Trinajstić information content (AvgIpc) is 3.41. The van der Waals surface area contributed by atoms with Gasteiger partial charge in [0, 0.05) is 27.7 Å². The zero-order valence-electron chi connectivity index (χ0n) is 28.1. The lowest BCUT2D eigenvalue weighted by Crippen LogP contribution is -2.15. The van der Waals surface area contributed by atoms with E-state index in [0.717, 1.165) is 39.0 Å². The van der Waals surface area contributed by atoms with E-state index in [9.17, 15) is 0 Å². The first kappa shape index (κ1) is 29.3. The minimum absolute atomic E-state index is 0.139. The Labute approximate surface area is 295 Å². The van der Waals surface area contributed by atoms with Gasteiger partial charge in [0.05, 0.1) is 0 Å². The molecule has 10 rings (SSSR count). The number of rotatable bonds is 4. The largest absolute Gasteiger partial charge is 0.449 e. The Bertz CT molecular complexity index is 2680. The Balaban J connectivity index is 1.11. The van der Waals surface area contributed by atoms with Gasteiger partial charge in [-0.3, -0.25) is 0 Å². The first-order valence-electron chi connectivity index (χ1n) is 17.2. The van der Waals surface area contributed by atoms with Crippen molar-refractivity contribution in [3.05, 3.63) is 163 Å². The zero-order valence-corrected chi connectivity index (χ0v) is 28.1. The number of aromatic nitrogens is 3. The third kappa shape index (κ3) is 4.73. The molecule has 0 fully saturated rings. The van der Waals surface area contributed by atoms with Crippen molar-refractivity contribution in [2.75, 3.05) is 0 Å². The SMILES string of the molecule is CC1(C)c2ccccc2-c2cc3c(cc21)Oc1cccc(-c2ccccc2-c2nc(-c4ccccc4)nc(-c4ccc5ccccc5c4)n2)c1O3. The molecule has 5 heteroatoms. The fourth-order valence-electron chi connectivity index (χ4n) is 7.59. The quantitative estimate of drug-likeness (QED) is 0.188. The number of benzene rings is 7. The third-order valence-electron chi connectivity index (χ3n) is 10.2. The lowest BCUT2D eigenvalue weighted by Gasteiger charge is -2.26. The summed E-state index contributed by atoms with van der Waals surface area (Å²) in [5, 5.41) is 2.30. The first-order valence-corrected chi connectivity index (χ1v) is 17.2. The maximum Gasteiger partial charge on any atom is 0.177 e. The molecule has 2 aliphatic rings. The van der Waals surface area contributed by atoms with Crippen LogP contribution < -0.4 is 9.47 Å². The van der Waals surface area contributed by atoms with Gasteiger partial charge in [0.1, 0.15) is 0 Å². The van der Waals surface area contributed by atoms with E-state index in [0.29, 0.717) is 34.7 Å². The second-order valence-corrected chi connectivity index (χ2v) is 13.6. The molecule has 8 aromatic rings. The minimum Gasteiger partial charge on any atom is -0.449 e. The molecule has 0 bridgehead atoms. The predicted octanol–water partition coefficient (Wildman–Crippen LogP) is 11.9. The molecular weight excluding hydrogens is 627 g/mol. The van der Waals surface area contributed by atoms with Gasteiger partial charge in [-0.05, 0) is 62.9 Å². The molecular formula is C46H31N3O2. The maximum atomic E-state index is 6.81. The Morgan fingerprint density at radius 1 is 0.392 bits per heavy atom. The van der Waals surface area contributed by atoms with E-state index in [4.69, 9.17) is 24.4 Å². The van der Waals surface area contributed by atoms with E-state index in [2.05, 4.69) is 105 Å². The highest BCUT2D eigenvalue weighted by atomic mass is 16.6. The van der Waals surface area contributed by atoms with Crippen molar-refractivity contribution < 1.29 is 9.47 Å². The molecule has 0 atom stereocenters. The number of ether oxygens (including phenoxy) is 2. The van der Waals surface area contributed by atoms with E-state index >= 15 is 0 Å². The van der Waals surface area contributed by atoms with Crippen LogP contribution in [0.5, 0.6) is 23.0 Å². The summed E-state index contributed by atoms with van der Waals surface area (Å²) in [6.45, 7) is 4.54. The lowest BCUT2D eigenvalue weighted by molar-refractivity contribution is 0.360. The van der Waals surface area contributed by atoms with E-state index in [-0.39, 0.29) is 5.41 Å². The molecule has 1 aliphatic carbocycles. The van der Waals surface area contributed by atoms with Crippen LogP contribution in [0.4, 0.5) is 0 Å². The Kier molecular flexibility index (Phi) is 6.46. The Hall–Kier alpha value is -6.59. The fraction of sp³-hybridized carbons (Fsp3) is 0.0652. The number of hydrogen-bond donors (Lipinski definition) is 0. The van der Waals surface area contributed by atoms with Gasteiger partial charge >= 0.3 is 0 Å². The molecule has 0 unspecified atom stereocenters. The van der Waals surface area contributed by atoms with Crippen molar-refractivity contribution in [1.82, 2.24) is 15.0 Å². The predicted molar refractivity (Wildman–Crippen MR) is 203 cm³/mol. The van der Waals surface area contributed by atoms with Crippen LogP contribution in [0, 0.1) is 0 Å². The highest BCUT2D eigenvalue weighted by Gasteiger charge is 2.37. The van der Waals surface area contributed by atoms with Gasteiger partial charge in [0.25, 0.3) is 0 Å². The van der Waals surface area contributed by atoms with Crippen LogP contribution in [0.1, 0.15) is 25.0 Å². The Morgan fingerprint density at radius 3 is 1.88 bits per heavy atom. The molecule has 0 saturated carbocycles. The zero-order chi connectivity index (χ0) is 34.1. The molecule has 0 amide bonds. The third-order valence-corrected chi connectivity index (χ3v) is 10.2. The monoisotopic (exact) mass is 657 g/mol.